The second kappa shape index (κ2) is 5.25. The normalized spacial score (nSPS) is 17.7. The predicted molar refractivity (Wildman–Crippen MR) is 75.2 cm³/mol. The van der Waals surface area contributed by atoms with Gasteiger partial charge in [0.2, 0.25) is 0 Å². The van der Waals surface area contributed by atoms with E-state index < -0.39 is 5.60 Å². The summed E-state index contributed by atoms with van der Waals surface area (Å²) in [5, 5.41) is 0. The maximum absolute atomic E-state index is 12.0. The van der Waals surface area contributed by atoms with E-state index in [0.717, 1.165) is 5.57 Å². The van der Waals surface area contributed by atoms with Crippen LogP contribution >= 0.6 is 11.6 Å². The van der Waals surface area contributed by atoms with Gasteiger partial charge in [-0.05, 0) is 38.5 Å². The molecule has 0 aromatic heterocycles. The number of rotatable bonds is 3. The Labute approximate surface area is 118 Å². The Bertz CT molecular complexity index is 532. The minimum Gasteiger partial charge on any atom is -0.489 e. The van der Waals surface area contributed by atoms with Crippen LogP contribution in [0.5, 0.6) is 11.5 Å². The van der Waals surface area contributed by atoms with Crippen LogP contribution in [0, 0.1) is 0 Å². The van der Waals surface area contributed by atoms with Crippen LogP contribution < -0.4 is 9.47 Å². The smallest absolute Gasteiger partial charge is 0.170 e. The largest absolute Gasteiger partial charge is 0.489 e. The van der Waals surface area contributed by atoms with Crippen molar-refractivity contribution in [1.29, 1.82) is 0 Å². The van der Waals surface area contributed by atoms with Crippen molar-refractivity contribution in [3.8, 4) is 11.5 Å². The maximum atomic E-state index is 12.0. The molecule has 0 unspecified atom stereocenters. The summed E-state index contributed by atoms with van der Waals surface area (Å²) in [4.78, 5) is 12.0. The van der Waals surface area contributed by atoms with E-state index in [2.05, 4.69) is 0 Å². The lowest BCUT2D eigenvalue weighted by Gasteiger charge is -2.31. The fraction of sp³-hybridized carbons (Fsp3) is 0.400. The van der Waals surface area contributed by atoms with E-state index in [0.29, 0.717) is 30.1 Å². The molecule has 0 saturated heterocycles. The van der Waals surface area contributed by atoms with E-state index >= 15 is 0 Å². The van der Waals surface area contributed by atoms with Gasteiger partial charge in [0, 0.05) is 11.6 Å². The van der Waals surface area contributed by atoms with Gasteiger partial charge in [0.05, 0.1) is 12.0 Å². The van der Waals surface area contributed by atoms with Crippen molar-refractivity contribution in [3.63, 3.8) is 0 Å². The number of Topliss-reactive ketones (excluding diaryl/α,β-unsaturated/α-hetero) is 1. The van der Waals surface area contributed by atoms with Gasteiger partial charge in [-0.15, -0.1) is 0 Å². The Morgan fingerprint density at radius 3 is 2.95 bits per heavy atom. The Hall–Kier alpha value is -1.48. The Balaban J connectivity index is 2.21. The second-order valence-electron chi connectivity index (χ2n) is 5.36. The van der Waals surface area contributed by atoms with E-state index in [1.807, 2.05) is 20.8 Å². The number of ketones is 1. The average Bonchev–Trinajstić information content (AvgIpc) is 2.33. The summed E-state index contributed by atoms with van der Waals surface area (Å²) in [5.74, 6) is 1.36. The van der Waals surface area contributed by atoms with Crippen molar-refractivity contribution >= 4 is 17.4 Å². The molecule has 0 bridgehead atoms. The fourth-order valence-corrected chi connectivity index (χ4v) is 2.01. The highest BCUT2D eigenvalue weighted by Crippen LogP contribution is 2.35. The molecule has 102 valence electrons. The van der Waals surface area contributed by atoms with Gasteiger partial charge in [-0.1, -0.05) is 11.6 Å². The van der Waals surface area contributed by atoms with Crippen LogP contribution in [-0.4, -0.2) is 18.0 Å². The summed E-state index contributed by atoms with van der Waals surface area (Å²) in [7, 11) is 0. The predicted octanol–water partition coefficient (Wildman–Crippen LogP) is 3.95. The van der Waals surface area contributed by atoms with Gasteiger partial charge in [0.1, 0.15) is 23.7 Å². The van der Waals surface area contributed by atoms with Gasteiger partial charge in [-0.3, -0.25) is 4.79 Å². The van der Waals surface area contributed by atoms with Crippen LogP contribution in [0.25, 0.3) is 0 Å². The molecule has 0 atom stereocenters. The van der Waals surface area contributed by atoms with E-state index in [1.165, 1.54) is 5.54 Å². The zero-order valence-electron chi connectivity index (χ0n) is 11.3. The van der Waals surface area contributed by atoms with Gasteiger partial charge >= 0.3 is 0 Å². The number of hydrogen-bond donors (Lipinski definition) is 0. The lowest BCUT2D eigenvalue weighted by molar-refractivity contribution is 0.0618. The number of fused-ring (bicyclic) bond motifs is 1. The Morgan fingerprint density at radius 2 is 2.26 bits per heavy atom. The van der Waals surface area contributed by atoms with Crippen molar-refractivity contribution in [2.24, 2.45) is 0 Å². The first kappa shape index (κ1) is 13.9. The highest BCUT2D eigenvalue weighted by molar-refractivity contribution is 6.25. The highest BCUT2D eigenvalue weighted by atomic mass is 35.5. The molecule has 4 heteroatoms. The van der Waals surface area contributed by atoms with Crippen LogP contribution in [0.15, 0.2) is 29.3 Å². The average molecular weight is 281 g/mol. The maximum Gasteiger partial charge on any atom is 0.170 e. The van der Waals surface area contributed by atoms with Crippen molar-refractivity contribution in [3.05, 3.63) is 34.9 Å². The van der Waals surface area contributed by atoms with Crippen molar-refractivity contribution in [1.82, 2.24) is 0 Å². The van der Waals surface area contributed by atoms with Crippen molar-refractivity contribution in [2.75, 3.05) is 6.61 Å². The standard InChI is InChI=1S/C15H17ClO3/c1-10(8-16)9-18-11-4-5-12-13(17)7-15(2,3)19-14(12)6-11/h4-6,8H,7,9H2,1-3H3/b10-8-. The van der Waals surface area contributed by atoms with Crippen LogP contribution in [0.1, 0.15) is 37.6 Å². The second-order valence-corrected chi connectivity index (χ2v) is 5.58. The Morgan fingerprint density at radius 1 is 1.53 bits per heavy atom. The van der Waals surface area contributed by atoms with Crippen LogP contribution in [0.3, 0.4) is 0 Å². The number of halogens is 1. The summed E-state index contributed by atoms with van der Waals surface area (Å²) >= 11 is 5.58. The molecular weight excluding hydrogens is 264 g/mol. The number of carbonyl (C=O) groups excluding carboxylic acids is 1. The molecule has 0 fully saturated rings. The third-order valence-corrected chi connectivity index (χ3v) is 3.25. The van der Waals surface area contributed by atoms with Gasteiger partial charge in [-0.2, -0.15) is 0 Å². The molecular formula is C15H17ClO3. The molecule has 1 aromatic carbocycles. The number of ether oxygens (including phenoxy) is 2. The number of benzene rings is 1. The summed E-state index contributed by atoms with van der Waals surface area (Å²) in [6.07, 6.45) is 0.397. The summed E-state index contributed by atoms with van der Waals surface area (Å²) in [5.41, 5.74) is 2.57. The summed E-state index contributed by atoms with van der Waals surface area (Å²) in [6.45, 7) is 6.11. The monoisotopic (exact) mass is 280 g/mol. The molecule has 0 aliphatic carbocycles. The minimum absolute atomic E-state index is 0.106. The van der Waals surface area contributed by atoms with E-state index in [4.69, 9.17) is 21.1 Å². The lowest BCUT2D eigenvalue weighted by atomic mass is 9.93. The number of carbonyl (C=O) groups is 1. The quantitative estimate of drug-likeness (QED) is 0.841. The molecule has 0 saturated carbocycles. The van der Waals surface area contributed by atoms with Gasteiger partial charge in [0.15, 0.2) is 5.78 Å². The highest BCUT2D eigenvalue weighted by Gasteiger charge is 2.32. The zero-order chi connectivity index (χ0) is 14.0. The fourth-order valence-electron chi connectivity index (χ4n) is 1.95. The molecule has 3 nitrogen and oxygen atoms in total. The molecule has 0 spiro atoms. The molecule has 1 aromatic rings. The third-order valence-electron chi connectivity index (χ3n) is 2.88. The van der Waals surface area contributed by atoms with Crippen LogP contribution in [-0.2, 0) is 0 Å². The molecule has 1 aliphatic heterocycles. The summed E-state index contributed by atoms with van der Waals surface area (Å²) in [6, 6.07) is 5.29. The lowest BCUT2D eigenvalue weighted by Crippen LogP contribution is -2.35. The van der Waals surface area contributed by atoms with Crippen LogP contribution in [0.2, 0.25) is 0 Å². The van der Waals surface area contributed by atoms with E-state index in [1.54, 1.807) is 18.2 Å². The molecule has 19 heavy (non-hydrogen) atoms. The molecule has 2 rings (SSSR count). The third kappa shape index (κ3) is 3.29. The van der Waals surface area contributed by atoms with Gasteiger partial charge in [-0.25, -0.2) is 0 Å². The molecule has 1 aliphatic rings. The number of hydrogen-bond acceptors (Lipinski definition) is 3. The van der Waals surface area contributed by atoms with Crippen molar-refractivity contribution in [2.45, 2.75) is 32.8 Å². The first-order chi connectivity index (χ1) is 8.91. The first-order valence-electron chi connectivity index (χ1n) is 6.16. The van der Waals surface area contributed by atoms with E-state index in [9.17, 15) is 4.79 Å². The topological polar surface area (TPSA) is 35.5 Å². The molecule has 0 N–H and O–H groups in total. The zero-order valence-corrected chi connectivity index (χ0v) is 12.1. The minimum atomic E-state index is -0.464. The van der Waals surface area contributed by atoms with Gasteiger partial charge < -0.3 is 9.47 Å². The van der Waals surface area contributed by atoms with Crippen LogP contribution in [0.4, 0.5) is 0 Å². The van der Waals surface area contributed by atoms with Crippen molar-refractivity contribution < 1.29 is 14.3 Å². The Kier molecular flexibility index (Phi) is 3.85. The SMILES string of the molecule is C/C(=C/Cl)COc1ccc2c(c1)OC(C)(C)CC2=O. The summed E-state index contributed by atoms with van der Waals surface area (Å²) < 4.78 is 11.4. The molecule has 1 heterocycles. The molecule has 0 amide bonds. The molecule has 0 radical (unpaired) electrons. The van der Waals surface area contributed by atoms with E-state index in [-0.39, 0.29) is 5.78 Å². The first-order valence-corrected chi connectivity index (χ1v) is 6.60. The van der Waals surface area contributed by atoms with Gasteiger partial charge in [0.25, 0.3) is 0 Å².